The van der Waals surface area contributed by atoms with Gasteiger partial charge in [-0.3, -0.25) is 28.8 Å². The van der Waals surface area contributed by atoms with E-state index in [1.807, 2.05) is 42.6 Å². The number of ketones is 1. The summed E-state index contributed by atoms with van der Waals surface area (Å²) in [7, 11) is 1.71. The van der Waals surface area contributed by atoms with Crippen LogP contribution < -0.4 is 20.6 Å². The van der Waals surface area contributed by atoms with Crippen molar-refractivity contribution in [3.05, 3.63) is 94.6 Å². The molecule has 2 bridgehead atoms. The standard InChI is InChI=1S/C37H40N6O7/c1-40-35-24(7-4-10-28(35)43(37(40)48)29-14-15-33(46)39-36(29)47)8-6-18-49-19-20-50-34-13-5-12-32(38-34)42-23-25-21-26(42)22-41(25)17-16-31(45)27-9-2-3-11-30(27)44/h2-5,7,9-13,16-17,25-26,29,44H,6,8,14-15,18-23H2,1H3,(H,39,46,47)/b17-16+/t25-,26-,29?/m1/s1. The number of hydrogen-bond acceptors (Lipinski definition) is 10. The van der Waals surface area contributed by atoms with Gasteiger partial charge in [0.2, 0.25) is 17.7 Å². The van der Waals surface area contributed by atoms with E-state index in [4.69, 9.17) is 14.5 Å². The Morgan fingerprint density at radius 2 is 1.84 bits per heavy atom. The molecule has 1 unspecified atom stereocenters. The van der Waals surface area contributed by atoms with Gasteiger partial charge in [0.15, 0.2) is 5.78 Å². The minimum atomic E-state index is -0.711. The van der Waals surface area contributed by atoms with Crippen LogP contribution in [0, 0.1) is 0 Å². The lowest BCUT2D eigenvalue weighted by Crippen LogP contribution is -2.44. The van der Waals surface area contributed by atoms with Crippen molar-refractivity contribution in [2.24, 2.45) is 7.05 Å². The first-order valence-corrected chi connectivity index (χ1v) is 17.0. The highest BCUT2D eigenvalue weighted by Gasteiger charge is 2.42. The summed E-state index contributed by atoms with van der Waals surface area (Å²) >= 11 is 0. The third kappa shape index (κ3) is 6.60. The molecule has 4 aromatic rings. The first kappa shape index (κ1) is 33.1. The molecule has 260 valence electrons. The number of ether oxygens (including phenoxy) is 2. The number of nitrogens with one attached hydrogen (secondary N) is 1. The van der Waals surface area contributed by atoms with Crippen LogP contribution in [-0.4, -0.2) is 86.7 Å². The molecule has 2 aromatic heterocycles. The molecule has 3 fully saturated rings. The van der Waals surface area contributed by atoms with Crippen molar-refractivity contribution >= 4 is 34.4 Å². The third-order valence-electron chi connectivity index (χ3n) is 9.79. The summed E-state index contributed by atoms with van der Waals surface area (Å²) in [4.78, 5) is 59.1. The van der Waals surface area contributed by atoms with Crippen LogP contribution in [0.5, 0.6) is 11.6 Å². The number of fused-ring (bicyclic) bond motifs is 3. The predicted molar refractivity (Wildman–Crippen MR) is 185 cm³/mol. The Balaban J connectivity index is 0.864. The number of phenols is 1. The Kier molecular flexibility index (Phi) is 9.40. The number of hydrogen-bond donors (Lipinski definition) is 2. The van der Waals surface area contributed by atoms with Gasteiger partial charge in [-0.1, -0.05) is 30.3 Å². The van der Waals surface area contributed by atoms with E-state index in [0.29, 0.717) is 49.6 Å². The molecular weight excluding hydrogens is 640 g/mol. The van der Waals surface area contributed by atoms with E-state index in [9.17, 15) is 24.3 Å². The highest BCUT2D eigenvalue weighted by Crippen LogP contribution is 2.34. The van der Waals surface area contributed by atoms with Crippen molar-refractivity contribution in [2.75, 3.05) is 37.8 Å². The normalized spacial score (nSPS) is 20.3. The maximum atomic E-state index is 13.2. The minimum Gasteiger partial charge on any atom is -0.507 e. The average molecular weight is 681 g/mol. The zero-order valence-electron chi connectivity index (χ0n) is 27.9. The van der Waals surface area contributed by atoms with Crippen LogP contribution in [0.4, 0.5) is 5.82 Å². The summed E-state index contributed by atoms with van der Waals surface area (Å²) < 4.78 is 14.8. The summed E-state index contributed by atoms with van der Waals surface area (Å²) in [6, 6.07) is 17.9. The zero-order chi connectivity index (χ0) is 34.8. The van der Waals surface area contributed by atoms with Crippen LogP contribution >= 0.6 is 0 Å². The Morgan fingerprint density at radius 1 is 1.00 bits per heavy atom. The summed E-state index contributed by atoms with van der Waals surface area (Å²) in [5.74, 6) is 0.401. The highest BCUT2D eigenvalue weighted by atomic mass is 16.5. The summed E-state index contributed by atoms with van der Waals surface area (Å²) in [5.41, 5.74) is 2.47. The zero-order valence-corrected chi connectivity index (χ0v) is 27.9. The van der Waals surface area contributed by atoms with Gasteiger partial charge in [0.25, 0.3) is 0 Å². The fourth-order valence-electron chi connectivity index (χ4n) is 7.36. The number of imidazole rings is 1. The summed E-state index contributed by atoms with van der Waals surface area (Å²) in [6.45, 7) is 2.84. The number of anilines is 1. The molecule has 50 heavy (non-hydrogen) atoms. The van der Waals surface area contributed by atoms with E-state index in [2.05, 4.69) is 15.1 Å². The van der Waals surface area contributed by atoms with Crippen LogP contribution in [0.2, 0.25) is 0 Å². The van der Waals surface area contributed by atoms with E-state index < -0.39 is 11.9 Å². The predicted octanol–water partition coefficient (Wildman–Crippen LogP) is 3.11. The number of likely N-dealkylation sites (tertiary alicyclic amines) is 1. The second kappa shape index (κ2) is 14.2. The lowest BCUT2D eigenvalue weighted by atomic mass is 10.0. The van der Waals surface area contributed by atoms with Gasteiger partial charge < -0.3 is 24.4 Å². The number of aromatic hydroxyl groups is 1. The number of carbonyl (C=O) groups is 3. The van der Waals surface area contributed by atoms with Gasteiger partial charge in [0.05, 0.1) is 23.2 Å². The number of carbonyl (C=O) groups excluding carboxylic acids is 3. The van der Waals surface area contributed by atoms with E-state index >= 15 is 0 Å². The van der Waals surface area contributed by atoms with Crippen molar-refractivity contribution in [3.63, 3.8) is 0 Å². The Hall–Kier alpha value is -5.43. The van der Waals surface area contributed by atoms with Gasteiger partial charge in [-0.2, -0.15) is 4.98 Å². The van der Waals surface area contributed by atoms with Crippen LogP contribution in [0.25, 0.3) is 11.0 Å². The number of rotatable bonds is 13. The number of pyridine rings is 1. The lowest BCUT2D eigenvalue weighted by molar-refractivity contribution is -0.135. The van der Waals surface area contributed by atoms with Gasteiger partial charge in [-0.25, -0.2) is 4.79 Å². The van der Waals surface area contributed by atoms with Crippen LogP contribution in [0.3, 0.4) is 0 Å². The summed E-state index contributed by atoms with van der Waals surface area (Å²) in [5, 5.41) is 12.3. The molecule has 0 radical (unpaired) electrons. The minimum absolute atomic E-state index is 0.0162. The molecule has 3 aliphatic heterocycles. The fraction of sp³-hybridized carbons (Fsp3) is 0.378. The first-order valence-electron chi connectivity index (χ1n) is 17.0. The van der Waals surface area contributed by atoms with E-state index in [0.717, 1.165) is 42.8 Å². The molecule has 13 nitrogen and oxygen atoms in total. The number of para-hydroxylation sites is 2. The van der Waals surface area contributed by atoms with Gasteiger partial charge in [0.1, 0.15) is 24.2 Å². The number of piperidine rings is 1. The number of aromatic nitrogens is 3. The second-order valence-corrected chi connectivity index (χ2v) is 13.0. The van der Waals surface area contributed by atoms with Crippen molar-refractivity contribution in [2.45, 2.75) is 50.2 Å². The smallest absolute Gasteiger partial charge is 0.329 e. The van der Waals surface area contributed by atoms with Crippen LogP contribution in [0.15, 0.2) is 77.7 Å². The molecular formula is C37H40N6O7. The number of benzene rings is 2. The number of piperazine rings is 1. The Morgan fingerprint density at radius 3 is 2.64 bits per heavy atom. The number of phenolic OH excluding ortho intramolecular Hbond substituents is 1. The molecule has 7 rings (SSSR count). The van der Waals surface area contributed by atoms with Crippen LogP contribution in [0.1, 0.15) is 47.6 Å². The van der Waals surface area contributed by atoms with E-state index in [1.165, 1.54) is 16.7 Å². The molecule has 13 heteroatoms. The van der Waals surface area contributed by atoms with Gasteiger partial charge in [0, 0.05) is 63.6 Å². The van der Waals surface area contributed by atoms with E-state index in [1.54, 1.807) is 29.8 Å². The molecule has 0 spiro atoms. The maximum Gasteiger partial charge on any atom is 0.329 e. The molecule has 3 saturated heterocycles. The average Bonchev–Trinajstić information content (AvgIpc) is 3.79. The van der Waals surface area contributed by atoms with Crippen LogP contribution in [-0.2, 0) is 27.8 Å². The molecule has 3 atom stereocenters. The van der Waals surface area contributed by atoms with Gasteiger partial charge in [-0.05, 0) is 55.5 Å². The second-order valence-electron chi connectivity index (χ2n) is 13.0. The fourth-order valence-corrected chi connectivity index (χ4v) is 7.36. The molecule has 2 N–H and O–H groups in total. The lowest BCUT2D eigenvalue weighted by Gasteiger charge is -2.34. The highest BCUT2D eigenvalue weighted by molar-refractivity contribution is 6.06. The number of nitrogens with zero attached hydrogens (tertiary/aromatic N) is 5. The largest absolute Gasteiger partial charge is 0.507 e. The van der Waals surface area contributed by atoms with Gasteiger partial charge >= 0.3 is 5.69 Å². The molecule has 2 amide bonds. The molecule has 5 heterocycles. The number of imide groups is 1. The van der Waals surface area contributed by atoms with Crippen molar-refractivity contribution in [1.82, 2.24) is 24.3 Å². The first-order chi connectivity index (χ1) is 24.3. The number of allylic oxidation sites excluding steroid dienone is 1. The van der Waals surface area contributed by atoms with Crippen molar-refractivity contribution < 1.29 is 29.0 Å². The molecule has 3 aliphatic rings. The van der Waals surface area contributed by atoms with Gasteiger partial charge in [-0.15, -0.1) is 0 Å². The third-order valence-corrected chi connectivity index (χ3v) is 9.79. The summed E-state index contributed by atoms with van der Waals surface area (Å²) in [6.07, 6.45) is 6.27. The molecule has 0 saturated carbocycles. The number of amides is 2. The van der Waals surface area contributed by atoms with Crippen molar-refractivity contribution in [1.29, 1.82) is 0 Å². The van der Waals surface area contributed by atoms with Crippen molar-refractivity contribution in [3.8, 4) is 11.6 Å². The SMILES string of the molecule is Cn1c(=O)n(C2CCC(=O)NC2=O)c2cccc(CCCOCCOc3cccc(N4C[C@H]5C[C@@H]4CN5/C=C/C(=O)c4ccccc4O)n3)c21. The molecule has 0 aliphatic carbocycles. The Labute approximate surface area is 288 Å². The van der Waals surface area contributed by atoms with E-state index in [-0.39, 0.29) is 41.6 Å². The quantitative estimate of drug-likeness (QED) is 0.0935. The molecule has 2 aromatic carbocycles. The Bertz CT molecular complexity index is 2020. The number of aryl methyl sites for hydroxylation is 2. The topological polar surface area (TPSA) is 148 Å². The maximum absolute atomic E-state index is 13.2. The monoisotopic (exact) mass is 680 g/mol.